The Hall–Kier alpha value is -1.43. The Morgan fingerprint density at radius 3 is 2.86 bits per heavy atom. The number of carbonyl (C=O) groups excluding carboxylic acids is 1. The molecule has 1 aromatic rings. The number of hydrogen-bond acceptors (Lipinski definition) is 5. The van der Waals surface area contributed by atoms with Gasteiger partial charge in [0.25, 0.3) is 0 Å². The smallest absolute Gasteiger partial charge is 0.226 e. The first kappa shape index (κ1) is 15.9. The molecule has 0 aliphatic carbocycles. The van der Waals surface area contributed by atoms with E-state index in [0.29, 0.717) is 31.1 Å². The van der Waals surface area contributed by atoms with Gasteiger partial charge in [-0.2, -0.15) is 4.98 Å². The van der Waals surface area contributed by atoms with E-state index >= 15 is 0 Å². The quantitative estimate of drug-likeness (QED) is 0.912. The zero-order chi connectivity index (χ0) is 15.5. The molecule has 2 rings (SSSR count). The van der Waals surface area contributed by atoms with E-state index < -0.39 is 0 Å². The Morgan fingerprint density at radius 2 is 2.24 bits per heavy atom. The lowest BCUT2D eigenvalue weighted by Gasteiger charge is -2.30. The van der Waals surface area contributed by atoms with Crippen molar-refractivity contribution in [2.45, 2.75) is 64.3 Å². The minimum atomic E-state index is -0.110. The summed E-state index contributed by atoms with van der Waals surface area (Å²) in [5, 5.41) is 3.99. The maximum atomic E-state index is 12.1. The molecule has 2 N–H and O–H groups in total. The summed E-state index contributed by atoms with van der Waals surface area (Å²) in [5.41, 5.74) is 5.79. The number of piperidine rings is 1. The van der Waals surface area contributed by atoms with Crippen LogP contribution in [0.1, 0.15) is 58.2 Å². The molecule has 6 heteroatoms. The predicted molar refractivity (Wildman–Crippen MR) is 79.7 cm³/mol. The molecule has 0 aromatic carbocycles. The van der Waals surface area contributed by atoms with Crippen LogP contribution >= 0.6 is 0 Å². The van der Waals surface area contributed by atoms with Crippen molar-refractivity contribution < 1.29 is 9.32 Å². The van der Waals surface area contributed by atoms with Gasteiger partial charge in [0.2, 0.25) is 11.8 Å². The van der Waals surface area contributed by atoms with Gasteiger partial charge in [0.1, 0.15) is 0 Å². The lowest BCUT2D eigenvalue weighted by molar-refractivity contribution is -0.132. The Bertz CT molecular complexity index is 478. The Kier molecular flexibility index (Phi) is 4.98. The van der Waals surface area contributed by atoms with E-state index in [1.165, 1.54) is 0 Å². The summed E-state index contributed by atoms with van der Waals surface area (Å²) in [6.07, 6.45) is 3.91. The molecule has 2 heterocycles. The number of carbonyl (C=O) groups is 1. The van der Waals surface area contributed by atoms with Gasteiger partial charge < -0.3 is 15.2 Å². The highest BCUT2D eigenvalue weighted by Gasteiger charge is 2.22. The average molecular weight is 294 g/mol. The van der Waals surface area contributed by atoms with Crippen molar-refractivity contribution in [1.29, 1.82) is 0 Å². The van der Waals surface area contributed by atoms with E-state index in [1.807, 2.05) is 25.7 Å². The molecule has 1 amide bonds. The molecule has 1 saturated heterocycles. The van der Waals surface area contributed by atoms with E-state index in [-0.39, 0.29) is 17.4 Å². The molecule has 1 aliphatic heterocycles. The largest absolute Gasteiger partial charge is 0.341 e. The van der Waals surface area contributed by atoms with Gasteiger partial charge in [0, 0.05) is 37.4 Å². The SMILES string of the molecule is CC(C)(C)c1noc(CCCC(=O)N2CCCC(N)C2)n1. The van der Waals surface area contributed by atoms with Gasteiger partial charge in [-0.3, -0.25) is 4.79 Å². The first-order valence-electron chi connectivity index (χ1n) is 7.72. The van der Waals surface area contributed by atoms with Gasteiger partial charge in [0.05, 0.1) is 0 Å². The average Bonchev–Trinajstić information content (AvgIpc) is 2.87. The zero-order valence-electron chi connectivity index (χ0n) is 13.3. The highest BCUT2D eigenvalue weighted by atomic mass is 16.5. The molecule has 0 radical (unpaired) electrons. The van der Waals surface area contributed by atoms with Crippen molar-refractivity contribution in [3.8, 4) is 0 Å². The molecule has 6 nitrogen and oxygen atoms in total. The first-order chi connectivity index (χ1) is 9.86. The van der Waals surface area contributed by atoms with Crippen molar-refractivity contribution in [2.24, 2.45) is 5.73 Å². The van der Waals surface area contributed by atoms with Gasteiger partial charge >= 0.3 is 0 Å². The van der Waals surface area contributed by atoms with Crippen LogP contribution in [0.2, 0.25) is 0 Å². The van der Waals surface area contributed by atoms with E-state index in [0.717, 1.165) is 25.8 Å². The number of nitrogens with two attached hydrogens (primary N) is 1. The topological polar surface area (TPSA) is 85.2 Å². The molecule has 1 aromatic heterocycles. The summed E-state index contributed by atoms with van der Waals surface area (Å²) >= 11 is 0. The van der Waals surface area contributed by atoms with Crippen LogP contribution in [0.5, 0.6) is 0 Å². The van der Waals surface area contributed by atoms with Crippen LogP contribution in [0, 0.1) is 0 Å². The van der Waals surface area contributed by atoms with Crippen molar-refractivity contribution in [1.82, 2.24) is 15.0 Å². The standard InChI is InChI=1S/C15H26N4O2/c1-15(2,3)14-17-12(21-18-14)7-4-8-13(20)19-9-5-6-11(16)10-19/h11H,4-10,16H2,1-3H3. The summed E-state index contributed by atoms with van der Waals surface area (Å²) in [5.74, 6) is 1.51. The number of nitrogens with zero attached hydrogens (tertiary/aromatic N) is 3. The zero-order valence-corrected chi connectivity index (χ0v) is 13.3. The van der Waals surface area contributed by atoms with Crippen molar-refractivity contribution >= 4 is 5.91 Å². The van der Waals surface area contributed by atoms with Crippen molar-refractivity contribution in [3.05, 3.63) is 11.7 Å². The van der Waals surface area contributed by atoms with Crippen molar-refractivity contribution in [3.63, 3.8) is 0 Å². The molecule has 21 heavy (non-hydrogen) atoms. The van der Waals surface area contributed by atoms with Crippen LogP contribution in [0.4, 0.5) is 0 Å². The first-order valence-corrected chi connectivity index (χ1v) is 7.72. The molecule has 0 spiro atoms. The second-order valence-electron chi connectivity index (χ2n) is 6.86. The van der Waals surface area contributed by atoms with Crippen LogP contribution in [-0.4, -0.2) is 40.1 Å². The molecule has 1 atom stereocenters. The molecule has 0 bridgehead atoms. The highest BCUT2D eigenvalue weighted by Crippen LogP contribution is 2.19. The lowest BCUT2D eigenvalue weighted by atomic mass is 9.96. The number of rotatable bonds is 4. The maximum Gasteiger partial charge on any atom is 0.226 e. The molecule has 1 aliphatic rings. The van der Waals surface area contributed by atoms with E-state index in [9.17, 15) is 4.79 Å². The molecular weight excluding hydrogens is 268 g/mol. The summed E-state index contributed by atoms with van der Waals surface area (Å²) in [7, 11) is 0. The summed E-state index contributed by atoms with van der Waals surface area (Å²) < 4.78 is 5.23. The van der Waals surface area contributed by atoms with E-state index in [4.69, 9.17) is 10.3 Å². The number of aromatic nitrogens is 2. The molecule has 1 fully saturated rings. The summed E-state index contributed by atoms with van der Waals surface area (Å²) in [6, 6.07) is 0.132. The highest BCUT2D eigenvalue weighted by molar-refractivity contribution is 5.76. The molecule has 1 unspecified atom stereocenters. The third kappa shape index (κ3) is 4.52. The number of likely N-dealkylation sites (tertiary alicyclic amines) is 1. The Morgan fingerprint density at radius 1 is 1.48 bits per heavy atom. The fourth-order valence-electron chi connectivity index (χ4n) is 2.45. The second kappa shape index (κ2) is 6.56. The molecular formula is C15H26N4O2. The molecule has 118 valence electrons. The summed E-state index contributed by atoms with van der Waals surface area (Å²) in [6.45, 7) is 7.66. The van der Waals surface area contributed by atoms with Gasteiger partial charge in [-0.1, -0.05) is 25.9 Å². The Balaban J connectivity index is 1.76. The van der Waals surface area contributed by atoms with Crippen LogP contribution in [0.15, 0.2) is 4.52 Å². The monoisotopic (exact) mass is 294 g/mol. The van der Waals surface area contributed by atoms with Gasteiger partial charge in [-0.25, -0.2) is 0 Å². The Labute approximate surface area is 126 Å². The molecule has 0 saturated carbocycles. The lowest BCUT2D eigenvalue weighted by Crippen LogP contribution is -2.45. The van der Waals surface area contributed by atoms with Gasteiger partial charge in [0.15, 0.2) is 5.82 Å². The fraction of sp³-hybridized carbons (Fsp3) is 0.800. The minimum Gasteiger partial charge on any atom is -0.341 e. The maximum absolute atomic E-state index is 12.1. The second-order valence-corrected chi connectivity index (χ2v) is 6.86. The van der Waals surface area contributed by atoms with Gasteiger partial charge in [-0.15, -0.1) is 0 Å². The van der Waals surface area contributed by atoms with Crippen molar-refractivity contribution in [2.75, 3.05) is 13.1 Å². The predicted octanol–water partition coefficient (Wildman–Crippen LogP) is 1.64. The van der Waals surface area contributed by atoms with Crippen LogP contribution in [-0.2, 0) is 16.6 Å². The summed E-state index contributed by atoms with van der Waals surface area (Å²) in [4.78, 5) is 18.4. The number of hydrogen-bond donors (Lipinski definition) is 1. The van der Waals surface area contributed by atoms with E-state index in [1.54, 1.807) is 0 Å². The normalized spacial score (nSPS) is 19.8. The minimum absolute atomic E-state index is 0.110. The number of amides is 1. The van der Waals surface area contributed by atoms with E-state index in [2.05, 4.69) is 10.1 Å². The number of aryl methyl sites for hydroxylation is 1. The fourth-order valence-corrected chi connectivity index (χ4v) is 2.45. The van der Waals surface area contributed by atoms with Gasteiger partial charge in [-0.05, 0) is 19.3 Å². The van der Waals surface area contributed by atoms with Crippen LogP contribution in [0.3, 0.4) is 0 Å². The third-order valence-corrected chi connectivity index (χ3v) is 3.73. The van der Waals surface area contributed by atoms with Crippen LogP contribution in [0.25, 0.3) is 0 Å². The third-order valence-electron chi connectivity index (χ3n) is 3.73. The van der Waals surface area contributed by atoms with Crippen LogP contribution < -0.4 is 5.73 Å².